The second-order valence-electron chi connectivity index (χ2n) is 6.18. The fourth-order valence-electron chi connectivity index (χ4n) is 3.10. The van der Waals surface area contributed by atoms with Crippen molar-refractivity contribution >= 4 is 27.8 Å². The first kappa shape index (κ1) is 17.7. The van der Waals surface area contributed by atoms with Gasteiger partial charge in [-0.25, -0.2) is 4.79 Å². The molecule has 1 aliphatic rings. The fraction of sp³-hybridized carbons (Fsp3) is 0.300. The highest BCUT2D eigenvalue weighted by molar-refractivity contribution is 9.10. The summed E-state index contributed by atoms with van der Waals surface area (Å²) in [4.78, 5) is 24.7. The predicted molar refractivity (Wildman–Crippen MR) is 99.3 cm³/mol. The molecule has 25 heavy (non-hydrogen) atoms. The number of amides is 1. The molecule has 0 saturated heterocycles. The largest absolute Gasteiger partial charge is 0.449 e. The molecule has 0 unspecified atom stereocenters. The van der Waals surface area contributed by atoms with E-state index < -0.39 is 12.1 Å². The predicted octanol–water partition coefficient (Wildman–Crippen LogP) is 4.19. The first-order valence-corrected chi connectivity index (χ1v) is 9.19. The summed E-state index contributed by atoms with van der Waals surface area (Å²) in [6.07, 6.45) is 2.12. The van der Waals surface area contributed by atoms with E-state index in [1.807, 2.05) is 18.2 Å². The van der Waals surface area contributed by atoms with Gasteiger partial charge in [0.05, 0.1) is 11.6 Å². The Labute approximate surface area is 155 Å². The maximum Gasteiger partial charge on any atom is 0.340 e. The zero-order valence-electron chi connectivity index (χ0n) is 14.0. The average Bonchev–Trinajstić information content (AvgIpc) is 2.62. The van der Waals surface area contributed by atoms with Gasteiger partial charge in [-0.05, 0) is 65.4 Å². The van der Waals surface area contributed by atoms with Crippen molar-refractivity contribution in [1.82, 2.24) is 5.32 Å². The van der Waals surface area contributed by atoms with Crippen LogP contribution in [-0.4, -0.2) is 18.0 Å². The van der Waals surface area contributed by atoms with E-state index in [1.54, 1.807) is 25.1 Å². The third kappa shape index (κ3) is 4.10. The number of hydrogen-bond acceptors (Lipinski definition) is 3. The van der Waals surface area contributed by atoms with Gasteiger partial charge in [-0.1, -0.05) is 36.4 Å². The van der Waals surface area contributed by atoms with Gasteiger partial charge in [-0.3, -0.25) is 4.79 Å². The van der Waals surface area contributed by atoms with Crippen LogP contribution in [0.5, 0.6) is 0 Å². The summed E-state index contributed by atoms with van der Waals surface area (Å²) in [7, 11) is 0. The van der Waals surface area contributed by atoms with E-state index in [0.29, 0.717) is 10.0 Å². The Hall–Kier alpha value is -2.14. The number of hydrogen-bond donors (Lipinski definition) is 1. The molecular formula is C20H20BrNO3. The highest BCUT2D eigenvalue weighted by Crippen LogP contribution is 2.29. The van der Waals surface area contributed by atoms with E-state index in [2.05, 4.69) is 33.4 Å². The molecule has 130 valence electrons. The van der Waals surface area contributed by atoms with Gasteiger partial charge in [-0.2, -0.15) is 0 Å². The first-order valence-electron chi connectivity index (χ1n) is 8.40. The molecule has 2 aromatic rings. The van der Waals surface area contributed by atoms with E-state index in [9.17, 15) is 9.59 Å². The lowest BCUT2D eigenvalue weighted by atomic mass is 9.87. The highest BCUT2D eigenvalue weighted by Gasteiger charge is 2.25. The van der Waals surface area contributed by atoms with E-state index in [1.165, 1.54) is 5.56 Å². The van der Waals surface area contributed by atoms with Gasteiger partial charge >= 0.3 is 5.97 Å². The van der Waals surface area contributed by atoms with Crippen LogP contribution in [-0.2, 0) is 16.0 Å². The molecule has 4 nitrogen and oxygen atoms in total. The van der Waals surface area contributed by atoms with Crippen LogP contribution < -0.4 is 5.32 Å². The summed E-state index contributed by atoms with van der Waals surface area (Å²) >= 11 is 3.32. The van der Waals surface area contributed by atoms with Crippen LogP contribution in [0.25, 0.3) is 0 Å². The molecule has 0 aliphatic heterocycles. The lowest BCUT2D eigenvalue weighted by Gasteiger charge is -2.27. The lowest BCUT2D eigenvalue weighted by Crippen LogP contribution is -2.39. The van der Waals surface area contributed by atoms with Crippen molar-refractivity contribution in [2.24, 2.45) is 0 Å². The molecule has 2 aromatic carbocycles. The van der Waals surface area contributed by atoms with Crippen molar-refractivity contribution in [3.63, 3.8) is 0 Å². The molecule has 0 spiro atoms. The fourth-order valence-corrected chi connectivity index (χ4v) is 3.54. The van der Waals surface area contributed by atoms with Gasteiger partial charge < -0.3 is 10.1 Å². The molecule has 0 fully saturated rings. The first-order chi connectivity index (χ1) is 12.1. The zero-order chi connectivity index (χ0) is 17.8. The van der Waals surface area contributed by atoms with Crippen LogP contribution in [0.4, 0.5) is 0 Å². The van der Waals surface area contributed by atoms with Crippen LogP contribution in [0.1, 0.15) is 47.3 Å². The Morgan fingerprint density at radius 3 is 2.68 bits per heavy atom. The lowest BCUT2D eigenvalue weighted by molar-refractivity contribution is -0.130. The number of esters is 1. The highest BCUT2D eigenvalue weighted by atomic mass is 79.9. The van der Waals surface area contributed by atoms with E-state index >= 15 is 0 Å². The van der Waals surface area contributed by atoms with Gasteiger partial charge in [0, 0.05) is 4.47 Å². The summed E-state index contributed by atoms with van der Waals surface area (Å²) in [5.74, 6) is -0.790. The van der Waals surface area contributed by atoms with Crippen LogP contribution in [0.15, 0.2) is 53.0 Å². The van der Waals surface area contributed by atoms with Gasteiger partial charge in [-0.15, -0.1) is 0 Å². The Bertz CT molecular complexity index is 790. The summed E-state index contributed by atoms with van der Waals surface area (Å²) < 4.78 is 5.97. The number of fused-ring (bicyclic) bond motifs is 1. The quantitative estimate of drug-likeness (QED) is 0.781. The Balaban J connectivity index is 1.64. The average molecular weight is 402 g/mol. The molecule has 0 saturated carbocycles. The molecule has 1 aliphatic carbocycles. The second-order valence-corrected chi connectivity index (χ2v) is 7.03. The maximum atomic E-state index is 12.5. The molecule has 3 rings (SSSR count). The van der Waals surface area contributed by atoms with Gasteiger partial charge in [0.1, 0.15) is 0 Å². The topological polar surface area (TPSA) is 55.4 Å². The number of rotatable bonds is 4. The third-order valence-corrected chi connectivity index (χ3v) is 5.12. The van der Waals surface area contributed by atoms with Crippen molar-refractivity contribution in [3.8, 4) is 0 Å². The van der Waals surface area contributed by atoms with Crippen molar-refractivity contribution in [2.45, 2.75) is 38.3 Å². The molecule has 0 radical (unpaired) electrons. The Morgan fingerprint density at radius 2 is 1.88 bits per heavy atom. The Morgan fingerprint density at radius 1 is 1.16 bits per heavy atom. The molecule has 0 aromatic heterocycles. The van der Waals surface area contributed by atoms with Crippen molar-refractivity contribution in [1.29, 1.82) is 0 Å². The molecule has 0 bridgehead atoms. The molecule has 0 heterocycles. The van der Waals surface area contributed by atoms with Crippen molar-refractivity contribution in [2.75, 3.05) is 0 Å². The van der Waals surface area contributed by atoms with E-state index in [-0.39, 0.29) is 11.9 Å². The summed E-state index contributed by atoms with van der Waals surface area (Å²) in [5, 5.41) is 3.02. The van der Waals surface area contributed by atoms with Crippen molar-refractivity contribution < 1.29 is 14.3 Å². The summed E-state index contributed by atoms with van der Waals surface area (Å²) in [5.41, 5.74) is 2.84. The Kier molecular flexibility index (Phi) is 5.53. The SMILES string of the molecule is C[C@@H](OC(=O)c1ccccc1Br)C(=O)N[C@H]1CCCc2ccccc21. The van der Waals surface area contributed by atoms with E-state index in [0.717, 1.165) is 24.8 Å². The monoisotopic (exact) mass is 401 g/mol. The van der Waals surface area contributed by atoms with Gasteiger partial charge in [0.25, 0.3) is 5.91 Å². The number of aryl methyl sites for hydroxylation is 1. The number of carbonyl (C=O) groups is 2. The number of carbonyl (C=O) groups excluding carboxylic acids is 2. The minimum atomic E-state index is -0.853. The normalized spacial score (nSPS) is 17.3. The molecule has 5 heteroatoms. The standard InChI is InChI=1S/C20H20BrNO3/c1-13(25-20(24)16-10-4-5-11-17(16)21)19(23)22-18-12-6-8-14-7-2-3-9-15(14)18/h2-5,7,9-11,13,18H,6,8,12H2,1H3,(H,22,23)/t13-,18+/m1/s1. The number of nitrogens with one attached hydrogen (secondary N) is 1. The van der Waals surface area contributed by atoms with Gasteiger partial charge in [0.15, 0.2) is 6.10 Å². The molecule has 1 amide bonds. The second kappa shape index (κ2) is 7.83. The number of ether oxygens (including phenoxy) is 1. The van der Waals surface area contributed by atoms with Crippen LogP contribution in [0.2, 0.25) is 0 Å². The minimum Gasteiger partial charge on any atom is -0.449 e. The van der Waals surface area contributed by atoms with E-state index in [4.69, 9.17) is 4.74 Å². The summed E-state index contributed by atoms with van der Waals surface area (Å²) in [6.45, 7) is 1.60. The number of benzene rings is 2. The van der Waals surface area contributed by atoms with Crippen molar-refractivity contribution in [3.05, 3.63) is 69.7 Å². The molecular weight excluding hydrogens is 382 g/mol. The zero-order valence-corrected chi connectivity index (χ0v) is 15.6. The smallest absolute Gasteiger partial charge is 0.340 e. The number of halogens is 1. The summed E-state index contributed by atoms with van der Waals surface area (Å²) in [6, 6.07) is 15.1. The maximum absolute atomic E-state index is 12.5. The van der Waals surface area contributed by atoms with Crippen LogP contribution in [0.3, 0.4) is 0 Å². The van der Waals surface area contributed by atoms with Crippen LogP contribution in [0, 0.1) is 0 Å². The van der Waals surface area contributed by atoms with Crippen LogP contribution >= 0.6 is 15.9 Å². The molecule has 1 N–H and O–H groups in total. The molecule has 2 atom stereocenters. The minimum absolute atomic E-state index is 0.0259. The third-order valence-electron chi connectivity index (χ3n) is 4.43. The van der Waals surface area contributed by atoms with Gasteiger partial charge in [0.2, 0.25) is 0 Å².